The van der Waals surface area contributed by atoms with E-state index in [0.717, 1.165) is 0 Å². The van der Waals surface area contributed by atoms with Gasteiger partial charge in [0.05, 0.1) is 19.0 Å². The molecule has 1 saturated heterocycles. The quantitative estimate of drug-likeness (QED) is 0.210. The summed E-state index contributed by atoms with van der Waals surface area (Å²) in [5.74, 6) is -0.302. The number of fused-ring (bicyclic) bond motifs is 1. The fraction of sp³-hybridized carbons (Fsp3) is 0.478. The number of imidazole rings is 1. The van der Waals surface area contributed by atoms with Crippen LogP contribution in [0.4, 0.5) is 5.82 Å². The third-order valence-corrected chi connectivity index (χ3v) is 7.47. The largest absolute Gasteiger partial charge is 0.462 e. The number of aliphatic hydroxyl groups excluding tert-OH is 1. The smallest absolute Gasteiger partial charge is 0.459 e. The number of carbonyl (C=O) groups is 1. The van der Waals surface area contributed by atoms with Gasteiger partial charge in [-0.2, -0.15) is 5.09 Å². The zero-order chi connectivity index (χ0) is 27.7. The first kappa shape index (κ1) is 27.9. The predicted octanol–water partition coefficient (Wildman–Crippen LogP) is 1.55. The summed E-state index contributed by atoms with van der Waals surface area (Å²) >= 11 is 0. The molecule has 14 nitrogen and oxygen atoms in total. The average molecular weight is 551 g/mol. The van der Waals surface area contributed by atoms with E-state index < -0.39 is 50.4 Å². The van der Waals surface area contributed by atoms with E-state index >= 15 is 0 Å². The number of nitrogens with zero attached hydrogens (tertiary/aromatic N) is 4. The number of ether oxygens (including phenoxy) is 2. The lowest BCUT2D eigenvalue weighted by Crippen LogP contribution is -2.44. The molecule has 1 aromatic carbocycles. The molecule has 0 aliphatic carbocycles. The van der Waals surface area contributed by atoms with Crippen molar-refractivity contribution < 1.29 is 38.1 Å². The maximum Gasteiger partial charge on any atom is 0.459 e. The number of aromatic nitrogens is 4. The zero-order valence-electron chi connectivity index (χ0n) is 21.3. The molecule has 0 bridgehead atoms. The van der Waals surface area contributed by atoms with Crippen molar-refractivity contribution in [2.45, 2.75) is 63.9 Å². The van der Waals surface area contributed by atoms with E-state index in [2.05, 4.69) is 20.0 Å². The highest BCUT2D eigenvalue weighted by atomic mass is 31.2. The average Bonchev–Trinajstić information content (AvgIpc) is 3.37. The fourth-order valence-electron chi connectivity index (χ4n) is 3.93. The van der Waals surface area contributed by atoms with Crippen LogP contribution < -0.4 is 15.3 Å². The second-order valence-electron chi connectivity index (χ2n) is 9.31. The number of esters is 1. The highest BCUT2D eigenvalue weighted by Crippen LogP contribution is 2.47. The molecule has 1 aliphatic heterocycles. The van der Waals surface area contributed by atoms with Gasteiger partial charge in [0, 0.05) is 0 Å². The Hall–Kier alpha value is -3.13. The molecular formula is C23H31N6O8P. The van der Waals surface area contributed by atoms with Gasteiger partial charge in [0.2, 0.25) is 0 Å². The van der Waals surface area contributed by atoms with Gasteiger partial charge in [0.1, 0.15) is 41.4 Å². The van der Waals surface area contributed by atoms with Crippen molar-refractivity contribution >= 4 is 30.7 Å². The normalized spacial score (nSPS) is 25.8. The number of benzene rings is 1. The highest BCUT2D eigenvalue weighted by molar-refractivity contribution is 7.52. The lowest BCUT2D eigenvalue weighted by molar-refractivity contribution is -0.149. The molecular weight excluding hydrogens is 519 g/mol. The van der Waals surface area contributed by atoms with E-state index in [4.69, 9.17) is 24.3 Å². The van der Waals surface area contributed by atoms with Gasteiger partial charge in [0.25, 0.3) is 0 Å². The van der Waals surface area contributed by atoms with Gasteiger partial charge < -0.3 is 29.9 Å². The van der Waals surface area contributed by atoms with E-state index in [-0.39, 0.29) is 23.3 Å². The fourth-order valence-corrected chi connectivity index (χ4v) is 5.43. The number of nitrogen functional groups attached to an aromatic ring is 1. The van der Waals surface area contributed by atoms with Crippen LogP contribution in [0.1, 0.15) is 33.9 Å². The molecule has 5 N–H and O–H groups in total. The molecule has 1 aliphatic rings. The van der Waals surface area contributed by atoms with Crippen LogP contribution in [0.3, 0.4) is 0 Å². The van der Waals surface area contributed by atoms with Crippen LogP contribution in [0.25, 0.3) is 11.2 Å². The van der Waals surface area contributed by atoms with Crippen LogP contribution >= 0.6 is 7.75 Å². The van der Waals surface area contributed by atoms with Crippen molar-refractivity contribution in [3.05, 3.63) is 43.0 Å². The molecule has 1 fully saturated rings. The summed E-state index contributed by atoms with van der Waals surface area (Å²) in [6, 6.07) is 7.17. The second-order valence-corrected chi connectivity index (χ2v) is 11.0. The maximum absolute atomic E-state index is 13.7. The van der Waals surface area contributed by atoms with Crippen molar-refractivity contribution in [1.29, 1.82) is 0 Å². The van der Waals surface area contributed by atoms with E-state index in [0.29, 0.717) is 5.52 Å². The summed E-state index contributed by atoms with van der Waals surface area (Å²) in [6.45, 7) is 5.73. The third-order valence-electron chi connectivity index (χ3n) is 5.83. The Morgan fingerprint density at radius 3 is 2.66 bits per heavy atom. The molecule has 3 unspecified atom stereocenters. The molecule has 0 spiro atoms. The van der Waals surface area contributed by atoms with Gasteiger partial charge in [-0.25, -0.2) is 19.5 Å². The molecule has 4 rings (SSSR count). The first-order chi connectivity index (χ1) is 17.9. The predicted molar refractivity (Wildman–Crippen MR) is 135 cm³/mol. The Bertz CT molecular complexity index is 1320. The molecule has 0 amide bonds. The maximum atomic E-state index is 13.7. The van der Waals surface area contributed by atoms with Crippen LogP contribution in [0.5, 0.6) is 5.75 Å². The highest BCUT2D eigenvalue weighted by Gasteiger charge is 2.54. The van der Waals surface area contributed by atoms with Crippen LogP contribution in [0.2, 0.25) is 0 Å². The van der Waals surface area contributed by atoms with Crippen LogP contribution in [-0.2, 0) is 23.4 Å². The third kappa shape index (κ3) is 5.80. The monoisotopic (exact) mass is 550 g/mol. The van der Waals surface area contributed by atoms with Gasteiger partial charge in [-0.15, -0.1) is 0 Å². The minimum absolute atomic E-state index is 0.141. The van der Waals surface area contributed by atoms with Crippen molar-refractivity contribution in [2.24, 2.45) is 0 Å². The van der Waals surface area contributed by atoms with Crippen LogP contribution in [0.15, 0.2) is 43.0 Å². The zero-order valence-corrected chi connectivity index (χ0v) is 22.2. The van der Waals surface area contributed by atoms with Gasteiger partial charge in [-0.3, -0.25) is 13.9 Å². The van der Waals surface area contributed by atoms with Gasteiger partial charge >= 0.3 is 13.7 Å². The molecule has 3 heterocycles. The van der Waals surface area contributed by atoms with Crippen LogP contribution in [0, 0.1) is 0 Å². The Morgan fingerprint density at radius 2 is 1.97 bits per heavy atom. The second kappa shape index (κ2) is 10.9. The number of carbonyl (C=O) groups excluding carboxylic acids is 1. The van der Waals surface area contributed by atoms with E-state index in [9.17, 15) is 19.6 Å². The summed E-state index contributed by atoms with van der Waals surface area (Å²) in [7, 11) is -4.22. The van der Waals surface area contributed by atoms with Gasteiger partial charge in [-0.05, 0) is 39.8 Å². The number of nitrogens with two attached hydrogens (primary N) is 1. The lowest BCUT2D eigenvalue weighted by atomic mass is 9.96. The standard InChI is InChI=1S/C23H31N6O8P/c1-13(2)35-21(31)14(3)28-38(33,37-15-8-6-5-7-9-15)34-10-16-18(30)23(4,32)22(36-16)29-12-27-17-19(24)25-11-26-20(17)29/h5-9,11-14,16,18,22,30,32H,10H2,1-4H3,(H,28,33)(H2,24,25,26)/t14-,16+,18?,22+,23?,38?/m0/s1. The summed E-state index contributed by atoms with van der Waals surface area (Å²) in [4.78, 5) is 24.6. The van der Waals surface area contributed by atoms with E-state index in [1.807, 2.05) is 0 Å². The Kier molecular flexibility index (Phi) is 8.02. The van der Waals surface area contributed by atoms with Crippen molar-refractivity contribution in [3.8, 4) is 5.75 Å². The molecule has 2 aromatic heterocycles. The van der Waals surface area contributed by atoms with E-state index in [1.54, 1.807) is 44.2 Å². The Morgan fingerprint density at radius 1 is 1.26 bits per heavy atom. The first-order valence-electron chi connectivity index (χ1n) is 11.9. The number of anilines is 1. The summed E-state index contributed by atoms with van der Waals surface area (Å²) < 4.78 is 37.5. The number of hydrogen-bond donors (Lipinski definition) is 4. The van der Waals surface area contributed by atoms with Gasteiger partial charge in [-0.1, -0.05) is 18.2 Å². The minimum atomic E-state index is -4.22. The van der Waals surface area contributed by atoms with Crippen LogP contribution in [-0.4, -0.2) is 72.3 Å². The number of aliphatic hydroxyl groups is 2. The molecule has 15 heteroatoms. The summed E-state index contributed by atoms with van der Waals surface area (Å²) in [6.07, 6.45) is -1.56. The van der Waals surface area contributed by atoms with E-state index in [1.165, 1.54) is 31.1 Å². The topological polar surface area (TPSA) is 193 Å². The molecule has 6 atom stereocenters. The molecule has 3 aromatic rings. The molecule has 0 radical (unpaired) electrons. The van der Waals surface area contributed by atoms with Gasteiger partial charge in [0.15, 0.2) is 17.7 Å². The van der Waals surface area contributed by atoms with Crippen molar-refractivity contribution in [1.82, 2.24) is 24.6 Å². The Labute approximate surface area is 218 Å². The number of para-hydroxylation sites is 1. The summed E-state index contributed by atoms with van der Waals surface area (Å²) in [5, 5.41) is 24.6. The number of hydrogen-bond acceptors (Lipinski definition) is 12. The minimum Gasteiger partial charge on any atom is -0.462 e. The lowest BCUT2D eigenvalue weighted by Gasteiger charge is -2.27. The summed E-state index contributed by atoms with van der Waals surface area (Å²) in [5.41, 5.74) is 4.61. The SMILES string of the molecule is CC(C)OC(=O)[C@H](C)NP(=O)(OC[C@H]1O[C@@H](n2cnc3c(N)ncnc32)C(C)(O)C1O)Oc1ccccc1. The Balaban J connectivity index is 1.54. The molecule has 0 saturated carbocycles. The first-order valence-corrected chi connectivity index (χ1v) is 13.4. The molecule has 38 heavy (non-hydrogen) atoms. The number of nitrogens with one attached hydrogen (secondary N) is 1. The molecule has 206 valence electrons. The van der Waals surface area contributed by atoms with Crippen molar-refractivity contribution in [2.75, 3.05) is 12.3 Å². The van der Waals surface area contributed by atoms with Crippen molar-refractivity contribution in [3.63, 3.8) is 0 Å². The number of rotatable bonds is 10.